The summed E-state index contributed by atoms with van der Waals surface area (Å²) in [4.78, 5) is 0. The molecule has 2 heterocycles. The number of nitrogens with zero attached hydrogens (tertiary/aromatic N) is 3. The van der Waals surface area contributed by atoms with Gasteiger partial charge < -0.3 is 14.5 Å². The average Bonchev–Trinajstić information content (AvgIpc) is 1.54. The SMILES string of the molecule is N#Cc1c(Nc2ccc(-c3ccccc3)cc2-c2cccc(-c3ccccc3)c2)c(-c2ccccc2)c(-n2c3ccc(-c4ccccc4)cc3c3cc(-c4ccccc4)ccc32)c(-c2ccccc2)c1-n1c2ccc(-c3ccccc3)cc2c2cc(-c3ccccc3)ccc21. The highest BCUT2D eigenvalue weighted by atomic mass is 15.0. The van der Waals surface area contributed by atoms with Crippen molar-refractivity contribution in [3.63, 3.8) is 0 Å². The highest BCUT2D eigenvalue weighted by Gasteiger charge is 2.33. The summed E-state index contributed by atoms with van der Waals surface area (Å²) in [5.74, 6) is 0. The molecule has 0 saturated carbocycles. The lowest BCUT2D eigenvalue weighted by atomic mass is 9.88. The van der Waals surface area contributed by atoms with Gasteiger partial charge >= 0.3 is 0 Å². The summed E-state index contributed by atoms with van der Waals surface area (Å²) in [6.45, 7) is 0. The van der Waals surface area contributed by atoms with Crippen molar-refractivity contribution in [3.8, 4) is 118 Å². The van der Waals surface area contributed by atoms with Crippen LogP contribution in [-0.4, -0.2) is 9.13 Å². The quantitative estimate of drug-likeness (QED) is 0.125. The predicted molar refractivity (Wildman–Crippen MR) is 398 cm³/mol. The van der Waals surface area contributed by atoms with Gasteiger partial charge in [0.2, 0.25) is 0 Å². The van der Waals surface area contributed by atoms with Crippen LogP contribution in [0.25, 0.3) is 155 Å². The van der Waals surface area contributed by atoms with Gasteiger partial charge in [-0.2, -0.15) is 5.26 Å². The van der Waals surface area contributed by atoms with Crippen LogP contribution in [-0.2, 0) is 0 Å². The van der Waals surface area contributed by atoms with Crippen molar-refractivity contribution >= 4 is 55.0 Å². The molecule has 0 radical (unpaired) electrons. The molecule has 0 unspecified atom stereocenters. The third kappa shape index (κ3) is 10.1. The van der Waals surface area contributed by atoms with E-state index in [0.717, 1.165) is 161 Å². The zero-order valence-electron chi connectivity index (χ0n) is 51.9. The van der Waals surface area contributed by atoms with Crippen LogP contribution in [0.15, 0.2) is 358 Å². The van der Waals surface area contributed by atoms with Gasteiger partial charge in [-0.25, -0.2) is 0 Å². The maximum absolute atomic E-state index is 12.9. The lowest BCUT2D eigenvalue weighted by Gasteiger charge is -2.28. The summed E-state index contributed by atoms with van der Waals surface area (Å²) >= 11 is 0. The summed E-state index contributed by atoms with van der Waals surface area (Å²) in [6.07, 6.45) is 0. The standard InChI is InChI=1S/C91H60N4/c92-60-81-89(93-82-49-44-70(62-28-11-2-12-29-62)55-76(82)75-43-25-42-69(54-75)61-26-9-1-10-27-61)87(67-38-21-7-22-39-67)91(95-85-52-47-73(65-34-17-5-18-35-65)58-79(85)80-59-74(48-53-86(80)95)66-36-19-6-20-37-66)88(68-40-23-8-24-41-68)90(81)94-83-50-45-71(63-30-13-3-14-31-63)56-77(83)78-57-72(46-51-84(78)94)64-32-15-4-16-33-64/h1-59,93H. The van der Waals surface area contributed by atoms with E-state index < -0.39 is 0 Å². The normalized spacial score (nSPS) is 11.4. The lowest BCUT2D eigenvalue weighted by molar-refractivity contribution is 1.13. The molecule has 444 valence electrons. The summed E-state index contributed by atoms with van der Waals surface area (Å²) in [5.41, 5.74) is 26.7. The van der Waals surface area contributed by atoms with Crippen molar-refractivity contribution in [2.45, 2.75) is 0 Å². The Morgan fingerprint density at radius 1 is 0.232 bits per heavy atom. The third-order valence-corrected chi connectivity index (χ3v) is 18.8. The highest BCUT2D eigenvalue weighted by Crippen LogP contribution is 2.53. The molecule has 17 aromatic rings. The first-order valence-electron chi connectivity index (χ1n) is 32.4. The van der Waals surface area contributed by atoms with Crippen LogP contribution in [0.4, 0.5) is 11.4 Å². The van der Waals surface area contributed by atoms with E-state index in [9.17, 15) is 5.26 Å². The highest BCUT2D eigenvalue weighted by molar-refractivity contribution is 6.17. The van der Waals surface area contributed by atoms with Crippen LogP contribution in [0, 0.1) is 11.3 Å². The molecule has 0 spiro atoms. The topological polar surface area (TPSA) is 45.7 Å². The number of nitrogens with one attached hydrogen (secondary N) is 1. The van der Waals surface area contributed by atoms with Gasteiger partial charge in [-0.1, -0.05) is 291 Å². The molecular weight excluding hydrogens is 1150 g/mol. The van der Waals surface area contributed by atoms with Crippen LogP contribution < -0.4 is 5.32 Å². The summed E-state index contributed by atoms with van der Waals surface area (Å²) in [7, 11) is 0. The van der Waals surface area contributed by atoms with E-state index in [1.807, 2.05) is 0 Å². The van der Waals surface area contributed by atoms with E-state index >= 15 is 0 Å². The van der Waals surface area contributed by atoms with E-state index in [1.54, 1.807) is 0 Å². The Kier molecular flexibility index (Phi) is 14.3. The number of rotatable bonds is 13. The summed E-state index contributed by atoms with van der Waals surface area (Å²) in [5, 5.41) is 21.5. The Balaban J connectivity index is 1.06. The van der Waals surface area contributed by atoms with E-state index in [2.05, 4.69) is 378 Å². The average molecular weight is 1210 g/mol. The fourth-order valence-electron chi connectivity index (χ4n) is 14.3. The minimum Gasteiger partial charge on any atom is -0.353 e. The van der Waals surface area contributed by atoms with E-state index in [1.165, 1.54) is 0 Å². The van der Waals surface area contributed by atoms with Crippen molar-refractivity contribution in [1.82, 2.24) is 9.13 Å². The minimum absolute atomic E-state index is 0.485. The van der Waals surface area contributed by atoms with Crippen molar-refractivity contribution in [2.24, 2.45) is 0 Å². The molecule has 0 atom stereocenters. The molecule has 4 heteroatoms. The molecule has 4 nitrogen and oxygen atoms in total. The van der Waals surface area contributed by atoms with Gasteiger partial charge in [-0.05, 0) is 150 Å². The van der Waals surface area contributed by atoms with Crippen molar-refractivity contribution in [2.75, 3.05) is 5.32 Å². The van der Waals surface area contributed by atoms with Crippen LogP contribution in [0.2, 0.25) is 0 Å². The van der Waals surface area contributed by atoms with Gasteiger partial charge in [-0.15, -0.1) is 0 Å². The monoisotopic (exact) mass is 1210 g/mol. The second-order valence-corrected chi connectivity index (χ2v) is 24.3. The van der Waals surface area contributed by atoms with Gasteiger partial charge in [0, 0.05) is 43.9 Å². The number of fused-ring (bicyclic) bond motifs is 6. The first-order valence-corrected chi connectivity index (χ1v) is 32.4. The predicted octanol–water partition coefficient (Wildman–Crippen LogP) is 24.5. The largest absolute Gasteiger partial charge is 0.353 e. The summed E-state index contributed by atoms with van der Waals surface area (Å²) < 4.78 is 4.91. The Morgan fingerprint density at radius 3 is 0.874 bits per heavy atom. The van der Waals surface area contributed by atoms with Crippen LogP contribution in [0.3, 0.4) is 0 Å². The van der Waals surface area contributed by atoms with Crippen molar-refractivity contribution < 1.29 is 0 Å². The third-order valence-electron chi connectivity index (χ3n) is 18.8. The number of hydrogen-bond donors (Lipinski definition) is 1. The smallest absolute Gasteiger partial charge is 0.104 e. The number of aromatic nitrogens is 2. The Labute approximate surface area is 552 Å². The molecule has 17 rings (SSSR count). The molecule has 0 amide bonds. The Morgan fingerprint density at radius 2 is 0.516 bits per heavy atom. The van der Waals surface area contributed by atoms with Crippen LogP contribution >= 0.6 is 0 Å². The molecule has 95 heavy (non-hydrogen) atoms. The zero-order chi connectivity index (χ0) is 63.2. The Bertz CT molecular complexity index is 5560. The molecule has 0 bridgehead atoms. The second kappa shape index (κ2) is 24.1. The molecule has 0 aliphatic heterocycles. The number of hydrogen-bond acceptors (Lipinski definition) is 2. The molecular formula is C91H60N4. The van der Waals surface area contributed by atoms with E-state index in [-0.39, 0.29) is 0 Å². The fourth-order valence-corrected chi connectivity index (χ4v) is 14.3. The lowest BCUT2D eigenvalue weighted by Crippen LogP contribution is -2.12. The first-order chi connectivity index (χ1) is 47.1. The van der Waals surface area contributed by atoms with E-state index in [0.29, 0.717) is 11.3 Å². The Hall–Kier alpha value is -12.8. The molecule has 15 aromatic carbocycles. The van der Waals surface area contributed by atoms with Crippen molar-refractivity contribution in [3.05, 3.63) is 363 Å². The van der Waals surface area contributed by atoms with Gasteiger partial charge in [0.25, 0.3) is 0 Å². The maximum Gasteiger partial charge on any atom is 0.104 e. The van der Waals surface area contributed by atoms with Gasteiger partial charge in [0.05, 0.1) is 39.1 Å². The van der Waals surface area contributed by atoms with E-state index in [4.69, 9.17) is 0 Å². The zero-order valence-corrected chi connectivity index (χ0v) is 51.9. The molecule has 0 fully saturated rings. The van der Waals surface area contributed by atoms with Crippen LogP contribution in [0.1, 0.15) is 5.56 Å². The van der Waals surface area contributed by atoms with Gasteiger partial charge in [-0.3, -0.25) is 0 Å². The minimum atomic E-state index is 0.485. The molecule has 0 aliphatic rings. The number of anilines is 2. The summed E-state index contributed by atoms with van der Waals surface area (Å²) in [6, 6.07) is 132. The van der Waals surface area contributed by atoms with Crippen molar-refractivity contribution in [1.29, 1.82) is 5.26 Å². The maximum atomic E-state index is 12.9. The second-order valence-electron chi connectivity index (χ2n) is 24.3. The number of benzene rings is 15. The van der Waals surface area contributed by atoms with Gasteiger partial charge in [0.15, 0.2) is 0 Å². The van der Waals surface area contributed by atoms with Gasteiger partial charge in [0.1, 0.15) is 11.6 Å². The molecule has 0 saturated heterocycles. The first kappa shape index (κ1) is 56.2. The number of nitriles is 1. The fraction of sp³-hybridized carbons (Fsp3) is 0. The molecule has 2 aromatic heterocycles. The molecule has 0 aliphatic carbocycles. The molecule has 1 N–H and O–H groups in total. The van der Waals surface area contributed by atoms with Crippen LogP contribution in [0.5, 0.6) is 0 Å².